The van der Waals surface area contributed by atoms with Gasteiger partial charge in [-0.1, -0.05) is 18.0 Å². The van der Waals surface area contributed by atoms with Gasteiger partial charge in [-0.05, 0) is 76.1 Å². The predicted octanol–water partition coefficient (Wildman–Crippen LogP) is 4.28. The number of rotatable bonds is 1. The smallest absolute Gasteiger partial charge is 0.220 e. The van der Waals surface area contributed by atoms with Crippen LogP contribution in [-0.2, 0) is 0 Å². The molecule has 0 unspecified atom stereocenters. The maximum Gasteiger partial charge on any atom is 0.220 e. The molecule has 4 N–H and O–H groups in total. The molecule has 0 atom stereocenters. The molecule has 0 amide bonds. The van der Waals surface area contributed by atoms with Crippen molar-refractivity contribution in [1.82, 2.24) is 0 Å². The maximum atomic E-state index is 6.44. The summed E-state index contributed by atoms with van der Waals surface area (Å²) in [6.45, 7) is 1.97. The molecule has 1 aromatic rings. The zero-order valence-electron chi connectivity index (χ0n) is 12.7. The predicted molar refractivity (Wildman–Crippen MR) is 103 cm³/mol. The van der Waals surface area contributed by atoms with Crippen molar-refractivity contribution in [3.8, 4) is 0 Å². The zero-order valence-corrected chi connectivity index (χ0v) is 16.7. The average molecular weight is 464 g/mol. The molecule has 0 bridgehead atoms. The minimum Gasteiger partial charge on any atom is -0.369 e. The van der Waals surface area contributed by atoms with Crippen LogP contribution >= 0.6 is 43.5 Å². The van der Waals surface area contributed by atoms with E-state index in [4.69, 9.17) is 28.1 Å². The largest absolute Gasteiger partial charge is 0.369 e. The Morgan fingerprint density at radius 1 is 1.17 bits per heavy atom. The van der Waals surface area contributed by atoms with Crippen molar-refractivity contribution in [3.05, 3.63) is 25.6 Å². The second kappa shape index (κ2) is 6.26. The van der Waals surface area contributed by atoms with Crippen molar-refractivity contribution in [2.75, 3.05) is 4.90 Å². The number of guanidine groups is 2. The van der Waals surface area contributed by atoms with E-state index in [2.05, 4.69) is 36.9 Å². The van der Waals surface area contributed by atoms with Gasteiger partial charge in [0.05, 0.1) is 10.7 Å². The SMILES string of the molecule is Cc1c(Cl)c(Br)cc(Br)c1N1C(N)=NC(N)=NC12CCCCC2. The van der Waals surface area contributed by atoms with Crippen LogP contribution in [0.25, 0.3) is 0 Å². The first-order valence-corrected chi connectivity index (χ1v) is 9.46. The van der Waals surface area contributed by atoms with Gasteiger partial charge >= 0.3 is 0 Å². The van der Waals surface area contributed by atoms with Gasteiger partial charge in [0.25, 0.3) is 0 Å². The number of benzene rings is 1. The molecule has 1 aliphatic heterocycles. The fourth-order valence-electron chi connectivity index (χ4n) is 3.42. The van der Waals surface area contributed by atoms with E-state index in [9.17, 15) is 0 Å². The highest BCUT2D eigenvalue weighted by molar-refractivity contribution is 9.11. The first-order valence-electron chi connectivity index (χ1n) is 7.49. The van der Waals surface area contributed by atoms with E-state index in [0.29, 0.717) is 11.0 Å². The van der Waals surface area contributed by atoms with Crippen molar-refractivity contribution in [1.29, 1.82) is 0 Å². The zero-order chi connectivity index (χ0) is 16.8. The second-order valence-corrected chi connectivity index (χ2v) is 8.03. The third kappa shape index (κ3) is 2.87. The summed E-state index contributed by atoms with van der Waals surface area (Å²) < 4.78 is 1.73. The van der Waals surface area contributed by atoms with Crippen molar-refractivity contribution >= 4 is 61.1 Å². The standard InChI is InChI=1S/C15H18Br2ClN5/c1-8-11(18)9(16)7-10(17)12(8)23-14(20)21-13(19)22-15(23)5-3-2-4-6-15/h7H,2-6H2,1H3,(H4,19,20,21,22). The van der Waals surface area contributed by atoms with Gasteiger partial charge in [0.15, 0.2) is 0 Å². The number of nitrogens with zero attached hydrogens (tertiary/aromatic N) is 3. The molecule has 124 valence electrons. The van der Waals surface area contributed by atoms with Crippen molar-refractivity contribution in [2.45, 2.75) is 44.7 Å². The molecule has 1 fully saturated rings. The molecule has 1 aromatic carbocycles. The Morgan fingerprint density at radius 2 is 1.83 bits per heavy atom. The minimum absolute atomic E-state index is 0.248. The third-order valence-electron chi connectivity index (χ3n) is 4.45. The van der Waals surface area contributed by atoms with Crippen LogP contribution in [0.15, 0.2) is 25.0 Å². The fourth-order valence-corrected chi connectivity index (χ4v) is 5.11. The van der Waals surface area contributed by atoms with Crippen LogP contribution in [0.4, 0.5) is 5.69 Å². The van der Waals surface area contributed by atoms with Gasteiger partial charge in [-0.15, -0.1) is 0 Å². The Balaban J connectivity index is 2.21. The quantitative estimate of drug-likeness (QED) is 0.610. The molecular weight excluding hydrogens is 445 g/mol. The van der Waals surface area contributed by atoms with Gasteiger partial charge in [0.1, 0.15) is 5.66 Å². The van der Waals surface area contributed by atoms with Gasteiger partial charge in [0.2, 0.25) is 11.9 Å². The Labute approximate surface area is 157 Å². The number of hydrogen-bond acceptors (Lipinski definition) is 5. The molecule has 1 heterocycles. The second-order valence-electron chi connectivity index (χ2n) is 5.95. The van der Waals surface area contributed by atoms with Gasteiger partial charge in [-0.3, -0.25) is 4.90 Å². The van der Waals surface area contributed by atoms with Crippen LogP contribution in [0, 0.1) is 6.92 Å². The summed E-state index contributed by atoms with van der Waals surface area (Å²) in [7, 11) is 0. The van der Waals surface area contributed by atoms with Crippen LogP contribution in [0.3, 0.4) is 0 Å². The molecule has 8 heteroatoms. The summed E-state index contributed by atoms with van der Waals surface area (Å²) in [4.78, 5) is 10.9. The summed E-state index contributed by atoms with van der Waals surface area (Å²) in [5.74, 6) is 0.610. The lowest BCUT2D eigenvalue weighted by molar-refractivity contribution is 0.305. The van der Waals surface area contributed by atoms with Crippen LogP contribution in [0.1, 0.15) is 37.7 Å². The molecule has 1 aliphatic carbocycles. The van der Waals surface area contributed by atoms with Crippen molar-refractivity contribution < 1.29 is 0 Å². The average Bonchev–Trinajstić information content (AvgIpc) is 2.48. The van der Waals surface area contributed by atoms with E-state index in [0.717, 1.165) is 45.9 Å². The summed E-state index contributed by atoms with van der Waals surface area (Å²) >= 11 is 13.6. The minimum atomic E-state index is -0.474. The monoisotopic (exact) mass is 461 g/mol. The summed E-state index contributed by atoms with van der Waals surface area (Å²) in [6.07, 6.45) is 5.15. The van der Waals surface area contributed by atoms with E-state index in [1.54, 1.807) is 0 Å². The first kappa shape index (κ1) is 17.0. The number of aliphatic imine (C=N–C) groups is 2. The Hall–Kier alpha value is -0.790. The lowest BCUT2D eigenvalue weighted by Gasteiger charge is -2.46. The maximum absolute atomic E-state index is 6.44. The van der Waals surface area contributed by atoms with Crippen LogP contribution < -0.4 is 16.4 Å². The number of nitrogens with two attached hydrogens (primary N) is 2. The van der Waals surface area contributed by atoms with Gasteiger partial charge in [-0.2, -0.15) is 4.99 Å². The first-order chi connectivity index (χ1) is 10.9. The van der Waals surface area contributed by atoms with Crippen molar-refractivity contribution in [2.24, 2.45) is 21.5 Å². The Bertz CT molecular complexity index is 710. The van der Waals surface area contributed by atoms with Gasteiger partial charge in [-0.25, -0.2) is 4.99 Å². The van der Waals surface area contributed by atoms with Crippen LogP contribution in [-0.4, -0.2) is 17.6 Å². The summed E-state index contributed by atoms with van der Waals surface area (Å²) in [6, 6.07) is 1.93. The van der Waals surface area contributed by atoms with E-state index in [-0.39, 0.29) is 5.96 Å². The van der Waals surface area contributed by atoms with Gasteiger partial charge in [0, 0.05) is 8.95 Å². The number of anilines is 1. The highest BCUT2D eigenvalue weighted by Gasteiger charge is 2.44. The number of hydrogen-bond donors (Lipinski definition) is 2. The van der Waals surface area contributed by atoms with Gasteiger partial charge < -0.3 is 11.5 Å². The van der Waals surface area contributed by atoms with Crippen LogP contribution in [0.5, 0.6) is 0 Å². The van der Waals surface area contributed by atoms with E-state index >= 15 is 0 Å². The molecule has 1 saturated carbocycles. The Kier molecular flexibility index (Phi) is 4.64. The Morgan fingerprint density at radius 3 is 2.48 bits per heavy atom. The molecule has 1 spiro atoms. The molecule has 3 rings (SSSR count). The normalized spacial score (nSPS) is 20.4. The van der Waals surface area contributed by atoms with Crippen LogP contribution in [0.2, 0.25) is 5.02 Å². The summed E-state index contributed by atoms with van der Waals surface area (Å²) in [5, 5.41) is 0.657. The lowest BCUT2D eigenvalue weighted by Crippen LogP contribution is -2.58. The van der Waals surface area contributed by atoms with E-state index in [1.165, 1.54) is 6.42 Å². The van der Waals surface area contributed by atoms with E-state index < -0.39 is 5.66 Å². The third-order valence-corrected chi connectivity index (χ3v) is 6.39. The molecule has 2 aliphatic rings. The lowest BCUT2D eigenvalue weighted by atomic mass is 9.87. The fraction of sp³-hybridized carbons (Fsp3) is 0.467. The summed E-state index contributed by atoms with van der Waals surface area (Å²) in [5.41, 5.74) is 13.5. The molecule has 0 radical (unpaired) electrons. The molecule has 23 heavy (non-hydrogen) atoms. The topological polar surface area (TPSA) is 80.0 Å². The molecular formula is C15H18Br2ClN5. The van der Waals surface area contributed by atoms with E-state index in [1.807, 2.05) is 17.9 Å². The molecule has 5 nitrogen and oxygen atoms in total. The highest BCUT2D eigenvalue weighted by atomic mass is 79.9. The number of halogens is 3. The highest BCUT2D eigenvalue weighted by Crippen LogP contribution is 2.46. The van der Waals surface area contributed by atoms with Crippen molar-refractivity contribution in [3.63, 3.8) is 0 Å². The molecule has 0 aromatic heterocycles. The molecule has 0 saturated heterocycles.